The number of nitrogens with one attached hydrogen (secondary N) is 2. The van der Waals surface area contributed by atoms with Gasteiger partial charge in [-0.2, -0.15) is 0 Å². The third-order valence-corrected chi connectivity index (χ3v) is 3.67. The molecule has 0 fully saturated rings. The first kappa shape index (κ1) is 18.5. The normalized spacial score (nSPS) is 11.5. The molecule has 0 saturated heterocycles. The summed E-state index contributed by atoms with van der Waals surface area (Å²) in [5.41, 5.74) is 7.46. The molecule has 0 bridgehead atoms. The predicted octanol–water partition coefficient (Wildman–Crippen LogP) is 1.55. The molecule has 0 spiro atoms. The van der Waals surface area contributed by atoms with Gasteiger partial charge < -0.3 is 21.1 Å². The van der Waals surface area contributed by atoms with E-state index >= 15 is 0 Å². The van der Waals surface area contributed by atoms with Crippen LogP contribution in [-0.2, 0) is 4.79 Å². The number of likely N-dealkylation sites (N-methyl/N-ethyl adjacent to an activating group) is 1. The van der Waals surface area contributed by atoms with Crippen LogP contribution in [0.2, 0.25) is 0 Å². The fourth-order valence-corrected chi connectivity index (χ4v) is 2.41. The Balaban J connectivity index is 2.29. The van der Waals surface area contributed by atoms with E-state index in [1.54, 1.807) is 24.3 Å². The van der Waals surface area contributed by atoms with Crippen molar-refractivity contribution < 1.29 is 14.3 Å². The maximum atomic E-state index is 12.8. The number of hydrogen-bond acceptors (Lipinski definition) is 4. The molecule has 0 saturated carbocycles. The highest BCUT2D eigenvalue weighted by Crippen LogP contribution is 2.22. The van der Waals surface area contributed by atoms with Gasteiger partial charge in [-0.1, -0.05) is 42.0 Å². The van der Waals surface area contributed by atoms with Crippen molar-refractivity contribution in [2.24, 2.45) is 5.73 Å². The van der Waals surface area contributed by atoms with Gasteiger partial charge in [0.25, 0.3) is 5.91 Å². The Morgan fingerprint density at radius 2 is 1.88 bits per heavy atom. The van der Waals surface area contributed by atoms with Crippen LogP contribution in [-0.4, -0.2) is 32.0 Å². The molecule has 4 N–H and O–H groups in total. The van der Waals surface area contributed by atoms with Gasteiger partial charge in [-0.25, -0.2) is 0 Å². The summed E-state index contributed by atoms with van der Waals surface area (Å²) in [7, 11) is 1.53. The summed E-state index contributed by atoms with van der Waals surface area (Å²) in [5.74, 6) is -0.234. The molecule has 0 unspecified atom stereocenters. The Hall–Kier alpha value is -2.86. The Labute approximate surface area is 147 Å². The van der Waals surface area contributed by atoms with Gasteiger partial charge in [0.1, 0.15) is 18.4 Å². The molecular formula is C19H23N3O3. The maximum absolute atomic E-state index is 12.8. The fourth-order valence-electron chi connectivity index (χ4n) is 2.41. The van der Waals surface area contributed by atoms with E-state index in [-0.39, 0.29) is 11.8 Å². The number of nitrogens with two attached hydrogens (primary N) is 1. The summed E-state index contributed by atoms with van der Waals surface area (Å²) in [6.07, 6.45) is 0. The van der Waals surface area contributed by atoms with Crippen molar-refractivity contribution in [2.75, 3.05) is 20.2 Å². The summed E-state index contributed by atoms with van der Waals surface area (Å²) >= 11 is 0. The Morgan fingerprint density at radius 3 is 2.52 bits per heavy atom. The third kappa shape index (κ3) is 4.81. The summed E-state index contributed by atoms with van der Waals surface area (Å²) in [6, 6.07) is 13.6. The molecule has 0 aliphatic carbocycles. The van der Waals surface area contributed by atoms with Crippen LogP contribution < -0.4 is 21.1 Å². The van der Waals surface area contributed by atoms with Crippen LogP contribution in [0.25, 0.3) is 0 Å². The first-order valence-electron chi connectivity index (χ1n) is 8.07. The van der Waals surface area contributed by atoms with Crippen molar-refractivity contribution in [2.45, 2.75) is 13.0 Å². The molecule has 0 aliphatic rings. The van der Waals surface area contributed by atoms with Gasteiger partial charge in [-0.05, 0) is 24.6 Å². The van der Waals surface area contributed by atoms with E-state index < -0.39 is 6.04 Å². The molecule has 2 rings (SSSR count). The van der Waals surface area contributed by atoms with Gasteiger partial charge in [0.2, 0.25) is 5.91 Å². The van der Waals surface area contributed by atoms with Crippen molar-refractivity contribution in [3.8, 4) is 5.75 Å². The number of amides is 2. The van der Waals surface area contributed by atoms with Gasteiger partial charge in [0, 0.05) is 13.6 Å². The molecule has 1 atom stereocenters. The van der Waals surface area contributed by atoms with Gasteiger partial charge in [-0.3, -0.25) is 9.59 Å². The van der Waals surface area contributed by atoms with Crippen molar-refractivity contribution in [1.82, 2.24) is 10.6 Å². The van der Waals surface area contributed by atoms with Gasteiger partial charge in [0.15, 0.2) is 0 Å². The number of hydrogen-bond donors (Lipinski definition) is 3. The number of aryl methyl sites for hydroxylation is 1. The van der Waals surface area contributed by atoms with Gasteiger partial charge >= 0.3 is 0 Å². The van der Waals surface area contributed by atoms with E-state index in [2.05, 4.69) is 10.6 Å². The number of carbonyl (C=O) groups excluding carboxylic acids is 2. The Morgan fingerprint density at radius 1 is 1.16 bits per heavy atom. The van der Waals surface area contributed by atoms with Crippen molar-refractivity contribution >= 4 is 11.8 Å². The molecule has 132 valence electrons. The average Bonchev–Trinajstić information content (AvgIpc) is 2.65. The molecule has 0 heterocycles. The lowest BCUT2D eigenvalue weighted by Gasteiger charge is -2.19. The second kappa shape index (κ2) is 8.84. The quantitative estimate of drug-likeness (QED) is 0.712. The lowest BCUT2D eigenvalue weighted by Crippen LogP contribution is -2.39. The van der Waals surface area contributed by atoms with Crippen LogP contribution >= 0.6 is 0 Å². The zero-order valence-corrected chi connectivity index (χ0v) is 14.4. The van der Waals surface area contributed by atoms with Crippen LogP contribution in [0.15, 0.2) is 48.5 Å². The molecular weight excluding hydrogens is 318 g/mol. The number of rotatable bonds is 7. The van der Waals surface area contributed by atoms with Crippen molar-refractivity contribution in [1.29, 1.82) is 0 Å². The minimum absolute atomic E-state index is 0.295. The zero-order valence-electron chi connectivity index (χ0n) is 14.4. The van der Waals surface area contributed by atoms with Gasteiger partial charge in [-0.15, -0.1) is 0 Å². The van der Waals surface area contributed by atoms with Crippen LogP contribution in [0.5, 0.6) is 5.75 Å². The highest BCUT2D eigenvalue weighted by molar-refractivity contribution is 6.00. The minimum Gasteiger partial charge on any atom is -0.491 e. The van der Waals surface area contributed by atoms with Crippen LogP contribution in [0, 0.1) is 6.92 Å². The minimum atomic E-state index is -0.790. The third-order valence-electron chi connectivity index (χ3n) is 3.67. The predicted molar refractivity (Wildman–Crippen MR) is 96.4 cm³/mol. The SMILES string of the molecule is CNC(=O)[C@H](NC(=O)c1cc(C)ccc1OCCN)c1ccccc1. The first-order chi connectivity index (χ1) is 12.1. The summed E-state index contributed by atoms with van der Waals surface area (Å²) in [6.45, 7) is 2.54. The zero-order chi connectivity index (χ0) is 18.2. The fraction of sp³-hybridized carbons (Fsp3) is 0.263. The molecule has 25 heavy (non-hydrogen) atoms. The highest BCUT2D eigenvalue weighted by Gasteiger charge is 2.23. The summed E-state index contributed by atoms with van der Waals surface area (Å²) in [4.78, 5) is 25.0. The highest BCUT2D eigenvalue weighted by atomic mass is 16.5. The van der Waals surface area contributed by atoms with Crippen LogP contribution in [0.4, 0.5) is 0 Å². The lowest BCUT2D eigenvalue weighted by atomic mass is 10.0. The standard InChI is InChI=1S/C19H23N3O3/c1-13-8-9-16(25-11-10-20)15(12-13)18(23)22-17(19(24)21-2)14-6-4-3-5-7-14/h3-9,12,17H,10-11,20H2,1-2H3,(H,21,24)(H,22,23)/t17-/m1/s1. The molecule has 0 aliphatic heterocycles. The maximum Gasteiger partial charge on any atom is 0.255 e. The first-order valence-corrected chi connectivity index (χ1v) is 8.07. The van der Waals surface area contributed by atoms with Crippen LogP contribution in [0.1, 0.15) is 27.5 Å². The molecule has 0 aromatic heterocycles. The molecule has 2 aromatic carbocycles. The molecule has 2 amide bonds. The number of benzene rings is 2. The van der Waals surface area contributed by atoms with Gasteiger partial charge in [0.05, 0.1) is 5.56 Å². The Kier molecular flexibility index (Phi) is 6.54. The van der Waals surface area contributed by atoms with E-state index in [1.807, 2.05) is 31.2 Å². The van der Waals surface area contributed by atoms with E-state index in [1.165, 1.54) is 7.05 Å². The Bertz CT molecular complexity index is 732. The van der Waals surface area contributed by atoms with E-state index in [9.17, 15) is 9.59 Å². The smallest absolute Gasteiger partial charge is 0.255 e. The topological polar surface area (TPSA) is 93.5 Å². The average molecular weight is 341 g/mol. The largest absolute Gasteiger partial charge is 0.491 e. The van der Waals surface area contributed by atoms with E-state index in [0.29, 0.717) is 30.0 Å². The second-order valence-electron chi connectivity index (χ2n) is 5.57. The molecule has 2 aromatic rings. The van der Waals surface area contributed by atoms with Crippen molar-refractivity contribution in [3.05, 3.63) is 65.2 Å². The lowest BCUT2D eigenvalue weighted by molar-refractivity contribution is -0.122. The number of ether oxygens (including phenoxy) is 1. The molecule has 6 heteroatoms. The van der Waals surface area contributed by atoms with Crippen molar-refractivity contribution in [3.63, 3.8) is 0 Å². The molecule has 6 nitrogen and oxygen atoms in total. The second-order valence-corrected chi connectivity index (χ2v) is 5.57. The molecule has 0 radical (unpaired) electrons. The monoisotopic (exact) mass is 341 g/mol. The van der Waals surface area contributed by atoms with E-state index in [4.69, 9.17) is 10.5 Å². The number of carbonyl (C=O) groups is 2. The van der Waals surface area contributed by atoms with E-state index in [0.717, 1.165) is 5.56 Å². The van der Waals surface area contributed by atoms with Crippen LogP contribution in [0.3, 0.4) is 0 Å². The summed E-state index contributed by atoms with van der Waals surface area (Å²) in [5, 5.41) is 5.36. The summed E-state index contributed by atoms with van der Waals surface area (Å²) < 4.78 is 5.55.